The lowest BCUT2D eigenvalue weighted by molar-refractivity contribution is -0.137. The molecule has 1 amide bonds. The van der Waals surface area contributed by atoms with E-state index < -0.39 is 23.2 Å². The SMILES string of the molecule is CC(C)(C)CC(C)(C)NC(=O)C(C#N)=Cc1cc(Br)ccc1OCc1cccc(C(F)(F)F)c1. The highest BCUT2D eigenvalue weighted by Gasteiger charge is 2.30. The summed E-state index contributed by atoms with van der Waals surface area (Å²) in [7, 11) is 0. The highest BCUT2D eigenvalue weighted by Crippen LogP contribution is 2.31. The molecule has 0 aliphatic rings. The lowest BCUT2D eigenvalue weighted by atomic mass is 9.81. The van der Waals surface area contributed by atoms with Gasteiger partial charge in [-0.2, -0.15) is 18.4 Å². The Bertz CT molecular complexity index is 1110. The standard InChI is InChI=1S/C26H28BrF3N2O2/c1-24(2,3)16-25(4,5)32-23(33)19(14-31)12-18-13-21(27)9-10-22(18)34-15-17-7-6-8-20(11-17)26(28,29)30/h6-13H,15-16H2,1-5H3,(H,32,33). The van der Waals surface area contributed by atoms with Gasteiger partial charge in [-0.15, -0.1) is 0 Å². The molecular formula is C26H28BrF3N2O2. The molecule has 0 saturated carbocycles. The number of carbonyl (C=O) groups is 1. The highest BCUT2D eigenvalue weighted by molar-refractivity contribution is 9.10. The summed E-state index contributed by atoms with van der Waals surface area (Å²) in [5.74, 6) is -0.185. The molecule has 0 bridgehead atoms. The molecule has 0 saturated heterocycles. The average Bonchev–Trinajstić information content (AvgIpc) is 2.68. The molecule has 2 aromatic carbocycles. The van der Waals surface area contributed by atoms with E-state index in [0.717, 1.165) is 12.1 Å². The molecule has 4 nitrogen and oxygen atoms in total. The molecule has 0 heterocycles. The molecule has 0 radical (unpaired) electrons. The Kier molecular flexibility index (Phi) is 8.59. The van der Waals surface area contributed by atoms with Crippen LogP contribution in [-0.4, -0.2) is 11.4 Å². The van der Waals surface area contributed by atoms with E-state index >= 15 is 0 Å². The fourth-order valence-corrected chi connectivity index (χ4v) is 4.19. The van der Waals surface area contributed by atoms with Crippen molar-refractivity contribution in [1.29, 1.82) is 5.26 Å². The van der Waals surface area contributed by atoms with Gasteiger partial charge in [0.2, 0.25) is 0 Å². The summed E-state index contributed by atoms with van der Waals surface area (Å²) in [4.78, 5) is 12.8. The lowest BCUT2D eigenvalue weighted by Crippen LogP contribution is -2.46. The number of benzene rings is 2. The third-order valence-electron chi connectivity index (χ3n) is 4.71. The number of carbonyl (C=O) groups excluding carboxylic acids is 1. The van der Waals surface area contributed by atoms with Crippen molar-refractivity contribution in [2.75, 3.05) is 0 Å². The van der Waals surface area contributed by atoms with E-state index in [1.54, 1.807) is 18.2 Å². The van der Waals surface area contributed by atoms with Crippen molar-refractivity contribution < 1.29 is 22.7 Å². The number of hydrogen-bond donors (Lipinski definition) is 1. The van der Waals surface area contributed by atoms with Gasteiger partial charge in [-0.05, 0) is 67.7 Å². The molecule has 8 heteroatoms. The zero-order valence-corrected chi connectivity index (χ0v) is 21.4. The molecule has 34 heavy (non-hydrogen) atoms. The van der Waals surface area contributed by atoms with Crippen LogP contribution in [0.3, 0.4) is 0 Å². The molecule has 182 valence electrons. The van der Waals surface area contributed by atoms with Crippen molar-refractivity contribution in [1.82, 2.24) is 5.32 Å². The minimum atomic E-state index is -4.45. The molecular weight excluding hydrogens is 509 g/mol. The van der Waals surface area contributed by atoms with E-state index in [1.165, 1.54) is 18.2 Å². The van der Waals surface area contributed by atoms with Crippen LogP contribution < -0.4 is 10.1 Å². The summed E-state index contributed by atoms with van der Waals surface area (Å²) < 4.78 is 45.4. The number of ether oxygens (including phenoxy) is 1. The van der Waals surface area contributed by atoms with Crippen molar-refractivity contribution in [2.45, 2.75) is 59.4 Å². The highest BCUT2D eigenvalue weighted by atomic mass is 79.9. The van der Waals surface area contributed by atoms with Crippen LogP contribution in [-0.2, 0) is 17.6 Å². The van der Waals surface area contributed by atoms with Crippen LogP contribution >= 0.6 is 15.9 Å². The second-order valence-electron chi connectivity index (χ2n) is 9.91. The summed E-state index contributed by atoms with van der Waals surface area (Å²) in [6.07, 6.45) is -2.33. The Balaban J connectivity index is 2.27. The molecule has 2 aromatic rings. The second kappa shape index (κ2) is 10.6. The normalized spacial score (nSPS) is 12.8. The van der Waals surface area contributed by atoms with Crippen LogP contribution in [0.1, 0.15) is 57.7 Å². The van der Waals surface area contributed by atoms with E-state index in [0.29, 0.717) is 27.8 Å². The number of alkyl halides is 3. The summed E-state index contributed by atoms with van der Waals surface area (Å²) in [6, 6.07) is 11.8. The van der Waals surface area contributed by atoms with Gasteiger partial charge in [-0.25, -0.2) is 0 Å². The van der Waals surface area contributed by atoms with E-state index in [2.05, 4.69) is 42.0 Å². The van der Waals surface area contributed by atoms with E-state index in [4.69, 9.17) is 4.74 Å². The van der Waals surface area contributed by atoms with Crippen LogP contribution in [0.25, 0.3) is 6.08 Å². The van der Waals surface area contributed by atoms with Crippen LogP contribution in [0, 0.1) is 16.7 Å². The van der Waals surface area contributed by atoms with Crippen LogP contribution in [0.5, 0.6) is 5.75 Å². The maximum atomic E-state index is 13.0. The molecule has 0 unspecified atom stereocenters. The molecule has 0 fully saturated rings. The van der Waals surface area contributed by atoms with Crippen LogP contribution in [0.2, 0.25) is 0 Å². The molecule has 2 rings (SSSR count). The predicted molar refractivity (Wildman–Crippen MR) is 130 cm³/mol. The Morgan fingerprint density at radius 1 is 1.12 bits per heavy atom. The van der Waals surface area contributed by atoms with Crippen molar-refractivity contribution in [3.05, 3.63) is 69.2 Å². The summed E-state index contributed by atoms with van der Waals surface area (Å²) >= 11 is 3.36. The van der Waals surface area contributed by atoms with E-state index in [1.807, 2.05) is 19.9 Å². The van der Waals surface area contributed by atoms with E-state index in [-0.39, 0.29) is 17.6 Å². The zero-order chi connectivity index (χ0) is 25.7. The monoisotopic (exact) mass is 536 g/mol. The maximum Gasteiger partial charge on any atom is 0.416 e. The smallest absolute Gasteiger partial charge is 0.416 e. The first-order chi connectivity index (χ1) is 15.6. The third kappa shape index (κ3) is 8.53. The number of rotatable bonds is 7. The molecule has 0 aliphatic heterocycles. The van der Waals surface area contributed by atoms with Gasteiger partial charge in [0.05, 0.1) is 5.56 Å². The fourth-order valence-electron chi connectivity index (χ4n) is 3.81. The number of halogens is 4. The quantitative estimate of drug-likeness (QED) is 0.298. The Labute approximate surface area is 206 Å². The van der Waals surface area contributed by atoms with Gasteiger partial charge in [0, 0.05) is 15.6 Å². The van der Waals surface area contributed by atoms with Gasteiger partial charge in [0.1, 0.15) is 24.0 Å². The molecule has 0 aliphatic carbocycles. The Hall–Kier alpha value is -2.79. The molecule has 0 atom stereocenters. The number of amides is 1. The van der Waals surface area contributed by atoms with E-state index in [9.17, 15) is 23.2 Å². The number of nitrogens with zero attached hydrogens (tertiary/aromatic N) is 1. The predicted octanol–water partition coefficient (Wildman–Crippen LogP) is 7.28. The molecule has 1 N–H and O–H groups in total. The van der Waals surface area contributed by atoms with Gasteiger partial charge in [0.25, 0.3) is 5.91 Å². The van der Waals surface area contributed by atoms with Gasteiger partial charge in [0.15, 0.2) is 0 Å². The minimum Gasteiger partial charge on any atom is -0.488 e. The maximum absolute atomic E-state index is 13.0. The minimum absolute atomic E-state index is 0.0258. The summed E-state index contributed by atoms with van der Waals surface area (Å²) in [5, 5.41) is 12.5. The van der Waals surface area contributed by atoms with Crippen LogP contribution in [0.4, 0.5) is 13.2 Å². The van der Waals surface area contributed by atoms with Crippen molar-refractivity contribution >= 4 is 27.9 Å². The number of nitriles is 1. The van der Waals surface area contributed by atoms with Gasteiger partial charge >= 0.3 is 6.18 Å². The summed E-state index contributed by atoms with van der Waals surface area (Å²) in [6.45, 7) is 9.88. The molecule has 0 aromatic heterocycles. The van der Waals surface area contributed by atoms with Crippen LogP contribution in [0.15, 0.2) is 52.5 Å². The van der Waals surface area contributed by atoms with Gasteiger partial charge < -0.3 is 10.1 Å². The first kappa shape index (κ1) is 27.5. The van der Waals surface area contributed by atoms with Gasteiger partial charge in [-0.1, -0.05) is 48.8 Å². The number of nitrogens with one attached hydrogen (secondary N) is 1. The Morgan fingerprint density at radius 3 is 2.38 bits per heavy atom. The topological polar surface area (TPSA) is 62.1 Å². The Morgan fingerprint density at radius 2 is 1.79 bits per heavy atom. The van der Waals surface area contributed by atoms with Crippen molar-refractivity contribution in [2.24, 2.45) is 5.41 Å². The first-order valence-corrected chi connectivity index (χ1v) is 11.4. The first-order valence-electron chi connectivity index (χ1n) is 10.6. The lowest BCUT2D eigenvalue weighted by Gasteiger charge is -2.33. The fraction of sp³-hybridized carbons (Fsp3) is 0.385. The third-order valence-corrected chi connectivity index (χ3v) is 5.20. The molecule has 0 spiro atoms. The second-order valence-corrected chi connectivity index (χ2v) is 10.8. The summed E-state index contributed by atoms with van der Waals surface area (Å²) in [5.41, 5.74) is -0.640. The van der Waals surface area contributed by atoms with Crippen molar-refractivity contribution in [3.63, 3.8) is 0 Å². The van der Waals surface area contributed by atoms with Crippen molar-refractivity contribution in [3.8, 4) is 11.8 Å². The number of hydrogen-bond acceptors (Lipinski definition) is 3. The zero-order valence-electron chi connectivity index (χ0n) is 19.8. The average molecular weight is 537 g/mol. The van der Waals surface area contributed by atoms with Gasteiger partial charge in [-0.3, -0.25) is 4.79 Å². The largest absolute Gasteiger partial charge is 0.488 e.